The zero-order valence-electron chi connectivity index (χ0n) is 14.3. The average Bonchev–Trinajstić information content (AvgIpc) is 3.16. The molecule has 0 fully saturated rings. The summed E-state index contributed by atoms with van der Waals surface area (Å²) in [6.07, 6.45) is 1.47. The molecule has 0 aliphatic carbocycles. The van der Waals surface area contributed by atoms with Crippen LogP contribution < -0.4 is 10.9 Å². The fraction of sp³-hybridized carbons (Fsp3) is 0.176. The molecule has 7 nitrogen and oxygen atoms in total. The van der Waals surface area contributed by atoms with Gasteiger partial charge in [-0.3, -0.25) is 9.59 Å². The first-order valence-electron chi connectivity index (χ1n) is 7.85. The van der Waals surface area contributed by atoms with Crippen molar-refractivity contribution in [3.05, 3.63) is 62.8 Å². The van der Waals surface area contributed by atoms with E-state index in [0.29, 0.717) is 18.0 Å². The summed E-state index contributed by atoms with van der Waals surface area (Å²) in [6.45, 7) is 0.218. The third kappa shape index (κ3) is 4.03. The summed E-state index contributed by atoms with van der Waals surface area (Å²) in [5.74, 6) is -6.07. The molecule has 1 amide bonds. The third-order valence-electron chi connectivity index (χ3n) is 3.73. The molecule has 0 aliphatic rings. The van der Waals surface area contributed by atoms with E-state index < -0.39 is 46.8 Å². The first kappa shape index (κ1) is 19.5. The second-order valence-electron chi connectivity index (χ2n) is 5.82. The Kier molecular flexibility index (Phi) is 5.18. The van der Waals surface area contributed by atoms with E-state index in [2.05, 4.69) is 20.3 Å². The average molecular weight is 410 g/mol. The van der Waals surface area contributed by atoms with Crippen LogP contribution in [0.3, 0.4) is 0 Å². The summed E-state index contributed by atoms with van der Waals surface area (Å²) in [7, 11) is 0. The molecule has 28 heavy (non-hydrogen) atoms. The van der Waals surface area contributed by atoms with E-state index in [0.717, 1.165) is 23.5 Å². The van der Waals surface area contributed by atoms with Crippen molar-refractivity contribution >= 4 is 17.2 Å². The summed E-state index contributed by atoms with van der Waals surface area (Å²) < 4.78 is 40.7. The van der Waals surface area contributed by atoms with Crippen LogP contribution in [-0.2, 0) is 12.5 Å². The standard InChI is InChI=1S/C17H13F3N4O3S/c1-17(19,20)10-6-9(18)3-2-8(10)7-22-14(26)11-12(25)15(27)24-13(23-11)16-21-4-5-28-16/h2-6,25H,7H2,1H3,(H,22,26)(H,23,24,27). The number of hydrogen-bond acceptors (Lipinski definition) is 6. The Bertz CT molecular complexity index is 1080. The topological polar surface area (TPSA) is 108 Å². The van der Waals surface area contributed by atoms with Gasteiger partial charge < -0.3 is 15.4 Å². The monoisotopic (exact) mass is 410 g/mol. The number of carbonyl (C=O) groups is 1. The summed E-state index contributed by atoms with van der Waals surface area (Å²) in [4.78, 5) is 34.4. The van der Waals surface area contributed by atoms with E-state index in [9.17, 15) is 27.9 Å². The van der Waals surface area contributed by atoms with Gasteiger partial charge in [0.15, 0.2) is 16.5 Å². The van der Waals surface area contributed by atoms with Crippen LogP contribution in [-0.4, -0.2) is 26.0 Å². The first-order chi connectivity index (χ1) is 13.2. The number of benzene rings is 1. The molecule has 0 saturated carbocycles. The Labute approximate surface area is 159 Å². The quantitative estimate of drug-likeness (QED) is 0.600. The lowest BCUT2D eigenvalue weighted by atomic mass is 10.0. The number of hydrogen-bond donors (Lipinski definition) is 3. The summed E-state index contributed by atoms with van der Waals surface area (Å²) in [6, 6.07) is 2.79. The van der Waals surface area contributed by atoms with Crippen LogP contribution in [0, 0.1) is 5.82 Å². The fourth-order valence-corrected chi connectivity index (χ4v) is 3.02. The predicted octanol–water partition coefficient (Wildman–Crippen LogP) is 2.78. The minimum atomic E-state index is -3.33. The molecule has 146 valence electrons. The van der Waals surface area contributed by atoms with Crippen molar-refractivity contribution in [2.75, 3.05) is 0 Å². The number of thiazole rings is 1. The number of nitrogens with one attached hydrogen (secondary N) is 2. The van der Waals surface area contributed by atoms with Crippen LogP contribution >= 0.6 is 11.3 Å². The van der Waals surface area contributed by atoms with Gasteiger partial charge in [0.25, 0.3) is 17.4 Å². The normalized spacial score (nSPS) is 11.4. The molecule has 0 aliphatic heterocycles. The number of aromatic hydroxyl groups is 1. The minimum Gasteiger partial charge on any atom is -0.501 e. The van der Waals surface area contributed by atoms with Gasteiger partial charge in [0.05, 0.1) is 0 Å². The Hall–Kier alpha value is -3.21. The van der Waals surface area contributed by atoms with Crippen molar-refractivity contribution in [3.8, 4) is 16.6 Å². The highest BCUT2D eigenvalue weighted by molar-refractivity contribution is 7.13. The van der Waals surface area contributed by atoms with Crippen LogP contribution in [0.1, 0.15) is 28.5 Å². The lowest BCUT2D eigenvalue weighted by Crippen LogP contribution is -2.27. The molecule has 3 N–H and O–H groups in total. The maximum atomic E-state index is 13.7. The van der Waals surface area contributed by atoms with Crippen LogP contribution in [0.15, 0.2) is 34.6 Å². The fourth-order valence-electron chi connectivity index (χ4n) is 2.44. The van der Waals surface area contributed by atoms with Crippen LogP contribution in [0.5, 0.6) is 5.75 Å². The number of aromatic amines is 1. The molecule has 2 heterocycles. The van der Waals surface area contributed by atoms with Crippen molar-refractivity contribution in [1.29, 1.82) is 0 Å². The van der Waals surface area contributed by atoms with E-state index in [1.165, 1.54) is 6.20 Å². The maximum Gasteiger partial charge on any atom is 0.294 e. The van der Waals surface area contributed by atoms with Gasteiger partial charge in [0.2, 0.25) is 5.75 Å². The highest BCUT2D eigenvalue weighted by Crippen LogP contribution is 2.30. The molecule has 3 aromatic rings. The van der Waals surface area contributed by atoms with Gasteiger partial charge in [0, 0.05) is 30.6 Å². The van der Waals surface area contributed by atoms with E-state index >= 15 is 0 Å². The van der Waals surface area contributed by atoms with Crippen LogP contribution in [0.25, 0.3) is 10.8 Å². The number of nitrogens with zero attached hydrogens (tertiary/aromatic N) is 2. The van der Waals surface area contributed by atoms with Gasteiger partial charge in [-0.15, -0.1) is 11.3 Å². The lowest BCUT2D eigenvalue weighted by molar-refractivity contribution is 0.0160. The molecule has 0 atom stereocenters. The van der Waals surface area contributed by atoms with Gasteiger partial charge in [0.1, 0.15) is 5.82 Å². The summed E-state index contributed by atoms with van der Waals surface area (Å²) in [5, 5.41) is 14.1. The number of halogens is 3. The Morgan fingerprint density at radius 2 is 2.14 bits per heavy atom. The number of H-pyrrole nitrogens is 1. The van der Waals surface area contributed by atoms with Crippen molar-refractivity contribution in [1.82, 2.24) is 20.3 Å². The van der Waals surface area contributed by atoms with Crippen molar-refractivity contribution in [2.45, 2.75) is 19.4 Å². The van der Waals surface area contributed by atoms with Gasteiger partial charge in [-0.25, -0.2) is 23.1 Å². The van der Waals surface area contributed by atoms with Crippen LogP contribution in [0.2, 0.25) is 0 Å². The maximum absolute atomic E-state index is 13.7. The predicted molar refractivity (Wildman–Crippen MR) is 94.8 cm³/mol. The lowest BCUT2D eigenvalue weighted by Gasteiger charge is -2.16. The molecule has 3 rings (SSSR count). The molecular weight excluding hydrogens is 397 g/mol. The smallest absolute Gasteiger partial charge is 0.294 e. The van der Waals surface area contributed by atoms with Crippen molar-refractivity contribution < 1.29 is 23.1 Å². The zero-order chi connectivity index (χ0) is 20.5. The molecule has 0 unspecified atom stereocenters. The van der Waals surface area contributed by atoms with Crippen LogP contribution in [0.4, 0.5) is 13.2 Å². The Balaban J connectivity index is 1.88. The number of amides is 1. The molecule has 11 heteroatoms. The first-order valence-corrected chi connectivity index (χ1v) is 8.73. The molecule has 0 spiro atoms. The van der Waals surface area contributed by atoms with Gasteiger partial charge >= 0.3 is 0 Å². The van der Waals surface area contributed by atoms with E-state index in [-0.39, 0.29) is 11.4 Å². The van der Waals surface area contributed by atoms with Gasteiger partial charge in [-0.2, -0.15) is 0 Å². The second kappa shape index (κ2) is 7.43. The molecule has 0 saturated heterocycles. The second-order valence-corrected chi connectivity index (χ2v) is 6.72. The molecule has 1 aromatic carbocycles. The molecular formula is C17H13F3N4O3S. The molecule has 0 bridgehead atoms. The number of carbonyl (C=O) groups excluding carboxylic acids is 1. The molecule has 2 aromatic heterocycles. The van der Waals surface area contributed by atoms with Gasteiger partial charge in [-0.1, -0.05) is 6.07 Å². The highest BCUT2D eigenvalue weighted by Gasteiger charge is 2.28. The van der Waals surface area contributed by atoms with E-state index in [1.54, 1.807) is 5.38 Å². The zero-order valence-corrected chi connectivity index (χ0v) is 15.1. The third-order valence-corrected chi connectivity index (χ3v) is 4.51. The Morgan fingerprint density at radius 3 is 2.79 bits per heavy atom. The van der Waals surface area contributed by atoms with E-state index in [4.69, 9.17) is 0 Å². The SMILES string of the molecule is CC(F)(F)c1cc(F)ccc1CNC(=O)c1nc(-c2nccs2)[nH]c(=O)c1O. The number of rotatable bonds is 5. The van der Waals surface area contributed by atoms with Crippen molar-refractivity contribution in [2.24, 2.45) is 0 Å². The number of aromatic nitrogens is 3. The summed E-state index contributed by atoms with van der Waals surface area (Å²) >= 11 is 1.15. The van der Waals surface area contributed by atoms with E-state index in [1.807, 2.05) is 0 Å². The minimum absolute atomic E-state index is 0.0215. The number of alkyl halides is 2. The highest BCUT2D eigenvalue weighted by atomic mass is 32.1. The Morgan fingerprint density at radius 1 is 1.39 bits per heavy atom. The van der Waals surface area contributed by atoms with Crippen molar-refractivity contribution in [3.63, 3.8) is 0 Å². The molecule has 0 radical (unpaired) electrons. The largest absolute Gasteiger partial charge is 0.501 e. The van der Waals surface area contributed by atoms with Gasteiger partial charge in [-0.05, 0) is 17.7 Å². The summed E-state index contributed by atoms with van der Waals surface area (Å²) in [5.41, 5.74) is -2.14.